The van der Waals surface area contributed by atoms with Crippen LogP contribution in [0.4, 0.5) is 4.39 Å². The monoisotopic (exact) mass is 277 g/mol. The third-order valence-electron chi connectivity index (χ3n) is 4.36. The Bertz CT molecular complexity index is 572. The van der Waals surface area contributed by atoms with Gasteiger partial charge in [0.1, 0.15) is 5.82 Å². The zero-order chi connectivity index (χ0) is 14.3. The fraction of sp³-hybridized carbons (Fsp3) is 0.467. The molecule has 1 aromatic carbocycles. The SMILES string of the molecule is O=C(O)C1CCC2CCc3cc(F)ccc3C(=O)N2C1. The molecule has 1 amide bonds. The number of piperidine rings is 1. The molecule has 1 aromatic rings. The predicted molar refractivity (Wildman–Crippen MR) is 69.9 cm³/mol. The Kier molecular flexibility index (Phi) is 3.20. The second-order valence-corrected chi connectivity index (χ2v) is 5.56. The zero-order valence-corrected chi connectivity index (χ0v) is 11.0. The quantitative estimate of drug-likeness (QED) is 0.855. The lowest BCUT2D eigenvalue weighted by atomic mass is 9.91. The lowest BCUT2D eigenvalue weighted by Crippen LogP contribution is -2.47. The summed E-state index contributed by atoms with van der Waals surface area (Å²) in [6.45, 7) is 0.260. The smallest absolute Gasteiger partial charge is 0.308 e. The third-order valence-corrected chi connectivity index (χ3v) is 4.36. The number of amides is 1. The van der Waals surface area contributed by atoms with E-state index in [0.717, 1.165) is 12.0 Å². The lowest BCUT2D eigenvalue weighted by molar-refractivity contribution is -0.143. The minimum Gasteiger partial charge on any atom is -0.481 e. The Morgan fingerprint density at radius 3 is 2.85 bits per heavy atom. The minimum atomic E-state index is -0.847. The van der Waals surface area contributed by atoms with Crippen molar-refractivity contribution in [1.82, 2.24) is 4.90 Å². The molecule has 1 fully saturated rings. The van der Waals surface area contributed by atoms with Crippen molar-refractivity contribution in [3.63, 3.8) is 0 Å². The molecule has 2 aliphatic heterocycles. The number of carbonyl (C=O) groups is 2. The number of carboxylic acid groups (broad SMARTS) is 1. The van der Waals surface area contributed by atoms with Crippen LogP contribution in [0, 0.1) is 11.7 Å². The molecule has 0 saturated carbocycles. The highest BCUT2D eigenvalue weighted by atomic mass is 19.1. The van der Waals surface area contributed by atoms with E-state index < -0.39 is 11.9 Å². The van der Waals surface area contributed by atoms with Crippen molar-refractivity contribution in [2.45, 2.75) is 31.7 Å². The van der Waals surface area contributed by atoms with Crippen LogP contribution in [0.1, 0.15) is 35.2 Å². The van der Waals surface area contributed by atoms with Gasteiger partial charge >= 0.3 is 5.97 Å². The molecule has 1 saturated heterocycles. The Labute approximate surface area is 116 Å². The molecule has 0 spiro atoms. The number of aryl methyl sites for hydroxylation is 1. The first-order valence-electron chi connectivity index (χ1n) is 6.88. The van der Waals surface area contributed by atoms with Crippen LogP contribution in [0.15, 0.2) is 18.2 Å². The van der Waals surface area contributed by atoms with E-state index in [1.165, 1.54) is 18.2 Å². The second kappa shape index (κ2) is 4.89. The van der Waals surface area contributed by atoms with E-state index in [2.05, 4.69) is 0 Å². The van der Waals surface area contributed by atoms with Crippen LogP contribution >= 0.6 is 0 Å². The van der Waals surface area contributed by atoms with E-state index in [1.54, 1.807) is 4.90 Å². The Balaban J connectivity index is 1.93. The maximum Gasteiger partial charge on any atom is 0.308 e. The molecular weight excluding hydrogens is 261 g/mol. The number of nitrogens with zero attached hydrogens (tertiary/aromatic N) is 1. The van der Waals surface area contributed by atoms with Crippen molar-refractivity contribution in [1.29, 1.82) is 0 Å². The summed E-state index contributed by atoms with van der Waals surface area (Å²) in [7, 11) is 0. The average Bonchev–Trinajstić information content (AvgIpc) is 2.56. The molecular formula is C15H16FNO3. The van der Waals surface area contributed by atoms with E-state index in [1.807, 2.05) is 0 Å². The Hall–Kier alpha value is -1.91. The van der Waals surface area contributed by atoms with Gasteiger partial charge in [0.15, 0.2) is 0 Å². The lowest BCUT2D eigenvalue weighted by Gasteiger charge is -2.37. The van der Waals surface area contributed by atoms with Crippen LogP contribution in [0.2, 0.25) is 0 Å². The van der Waals surface area contributed by atoms with Gasteiger partial charge in [-0.05, 0) is 49.4 Å². The van der Waals surface area contributed by atoms with Crippen molar-refractivity contribution >= 4 is 11.9 Å². The van der Waals surface area contributed by atoms with Gasteiger partial charge in [0.05, 0.1) is 5.92 Å². The summed E-state index contributed by atoms with van der Waals surface area (Å²) in [6.07, 6.45) is 2.75. The standard InChI is InChI=1S/C15H16FNO3/c16-11-3-6-13-9(7-11)1-4-12-5-2-10(15(19)20)8-17(12)14(13)18/h3,6-7,10,12H,1-2,4-5,8H2,(H,19,20). The summed E-state index contributed by atoms with van der Waals surface area (Å²) in [4.78, 5) is 25.4. The van der Waals surface area contributed by atoms with Gasteiger partial charge in [-0.25, -0.2) is 4.39 Å². The van der Waals surface area contributed by atoms with Crippen molar-refractivity contribution < 1.29 is 19.1 Å². The summed E-state index contributed by atoms with van der Waals surface area (Å²) >= 11 is 0. The molecule has 3 rings (SSSR count). The summed E-state index contributed by atoms with van der Waals surface area (Å²) in [5, 5.41) is 9.13. The van der Waals surface area contributed by atoms with Gasteiger partial charge in [-0.1, -0.05) is 0 Å². The minimum absolute atomic E-state index is 0.0774. The van der Waals surface area contributed by atoms with Crippen molar-refractivity contribution in [3.8, 4) is 0 Å². The summed E-state index contributed by atoms with van der Waals surface area (Å²) in [6, 6.07) is 4.30. The second-order valence-electron chi connectivity index (χ2n) is 5.56. The fourth-order valence-corrected chi connectivity index (χ4v) is 3.23. The van der Waals surface area contributed by atoms with E-state index >= 15 is 0 Å². The number of hydrogen-bond donors (Lipinski definition) is 1. The molecule has 2 atom stereocenters. The van der Waals surface area contributed by atoms with Crippen molar-refractivity contribution in [2.24, 2.45) is 5.92 Å². The van der Waals surface area contributed by atoms with E-state index in [-0.39, 0.29) is 24.3 Å². The highest BCUT2D eigenvalue weighted by molar-refractivity contribution is 5.96. The summed E-state index contributed by atoms with van der Waals surface area (Å²) < 4.78 is 13.3. The molecule has 2 unspecified atom stereocenters. The van der Waals surface area contributed by atoms with E-state index in [4.69, 9.17) is 5.11 Å². The molecule has 2 aliphatic rings. The number of hydrogen-bond acceptors (Lipinski definition) is 2. The zero-order valence-electron chi connectivity index (χ0n) is 11.0. The molecule has 0 aromatic heterocycles. The first kappa shape index (κ1) is 13.1. The van der Waals surface area contributed by atoms with E-state index in [9.17, 15) is 14.0 Å². The molecule has 4 nitrogen and oxygen atoms in total. The van der Waals surface area contributed by atoms with Crippen LogP contribution in [0.3, 0.4) is 0 Å². The highest BCUT2D eigenvalue weighted by Crippen LogP contribution is 2.31. The molecule has 0 aliphatic carbocycles. The summed E-state index contributed by atoms with van der Waals surface area (Å²) in [5.74, 6) is -1.83. The van der Waals surface area contributed by atoms with Crippen molar-refractivity contribution in [3.05, 3.63) is 35.1 Å². The van der Waals surface area contributed by atoms with Gasteiger partial charge in [0.25, 0.3) is 5.91 Å². The topological polar surface area (TPSA) is 57.6 Å². The Morgan fingerprint density at radius 1 is 1.30 bits per heavy atom. The number of halogens is 1. The summed E-state index contributed by atoms with van der Waals surface area (Å²) in [5.41, 5.74) is 1.25. The number of carbonyl (C=O) groups excluding carboxylic acids is 1. The van der Waals surface area contributed by atoms with Gasteiger partial charge in [0, 0.05) is 18.2 Å². The van der Waals surface area contributed by atoms with E-state index in [0.29, 0.717) is 24.8 Å². The number of carboxylic acids is 1. The van der Waals surface area contributed by atoms with Crippen LogP contribution < -0.4 is 0 Å². The normalized spacial score (nSPS) is 25.6. The number of benzene rings is 1. The number of rotatable bonds is 1. The average molecular weight is 277 g/mol. The fourth-order valence-electron chi connectivity index (χ4n) is 3.23. The molecule has 0 radical (unpaired) electrons. The van der Waals surface area contributed by atoms with Crippen LogP contribution in [-0.4, -0.2) is 34.5 Å². The first-order chi connectivity index (χ1) is 9.56. The van der Waals surface area contributed by atoms with Crippen LogP contribution in [-0.2, 0) is 11.2 Å². The van der Waals surface area contributed by atoms with Crippen LogP contribution in [0.25, 0.3) is 0 Å². The molecule has 106 valence electrons. The van der Waals surface area contributed by atoms with Gasteiger partial charge in [-0.15, -0.1) is 0 Å². The molecule has 20 heavy (non-hydrogen) atoms. The molecule has 2 heterocycles. The van der Waals surface area contributed by atoms with Gasteiger partial charge in [-0.3, -0.25) is 9.59 Å². The van der Waals surface area contributed by atoms with Gasteiger partial charge in [-0.2, -0.15) is 0 Å². The third kappa shape index (κ3) is 2.17. The Morgan fingerprint density at radius 2 is 2.10 bits per heavy atom. The maximum atomic E-state index is 13.3. The van der Waals surface area contributed by atoms with Gasteiger partial charge < -0.3 is 10.0 Å². The maximum absolute atomic E-state index is 13.3. The van der Waals surface area contributed by atoms with Gasteiger partial charge in [0.2, 0.25) is 0 Å². The predicted octanol–water partition coefficient (Wildman–Crippen LogP) is 2.08. The largest absolute Gasteiger partial charge is 0.481 e. The molecule has 1 N–H and O–H groups in total. The van der Waals surface area contributed by atoms with Crippen molar-refractivity contribution in [2.75, 3.05) is 6.54 Å². The number of aliphatic carboxylic acids is 1. The molecule has 0 bridgehead atoms. The number of fused-ring (bicyclic) bond motifs is 2. The first-order valence-corrected chi connectivity index (χ1v) is 6.88. The highest BCUT2D eigenvalue weighted by Gasteiger charge is 2.37. The molecule has 5 heteroatoms. The van der Waals surface area contributed by atoms with Crippen LogP contribution in [0.5, 0.6) is 0 Å².